The first-order valence-electron chi connectivity index (χ1n) is 7.65. The van der Waals surface area contributed by atoms with Gasteiger partial charge in [-0.1, -0.05) is 32.9 Å². The van der Waals surface area contributed by atoms with E-state index in [0.717, 1.165) is 0 Å². The summed E-state index contributed by atoms with van der Waals surface area (Å²) in [6.07, 6.45) is 0. The molecule has 0 spiro atoms. The molecule has 2 aromatic rings. The first-order valence-corrected chi connectivity index (χ1v) is 10.1. The lowest BCUT2D eigenvalue weighted by atomic mass is 9.87. The highest BCUT2D eigenvalue weighted by molar-refractivity contribution is 14.1. The fourth-order valence-corrected chi connectivity index (χ4v) is 2.53. The van der Waals surface area contributed by atoms with Gasteiger partial charge in [0.2, 0.25) is 0 Å². The maximum absolute atomic E-state index is 10.2. The molecule has 0 amide bonds. The molecule has 0 bridgehead atoms. The molecule has 7 heteroatoms. The van der Waals surface area contributed by atoms with Crippen LogP contribution >= 0.6 is 22.6 Å². The standard InChI is InChI=1S/C10H13I.C8H10O5S/c1-10(2,3)8-4-6-9(11)7-5-8;1-2-12-7-3-5-8(6-4-7)13-14(9,10)11/h4-7H,1-3H3;3-6H,2H2,1H3,(H,9,10,11)/p-1. The lowest BCUT2D eigenvalue weighted by molar-refractivity contribution is 0.339. The molecule has 0 saturated carbocycles. The Morgan fingerprint density at radius 3 is 1.84 bits per heavy atom. The Balaban J connectivity index is 0.000000257. The van der Waals surface area contributed by atoms with E-state index in [0.29, 0.717) is 12.4 Å². The molecule has 25 heavy (non-hydrogen) atoms. The molecule has 0 unspecified atom stereocenters. The zero-order valence-corrected chi connectivity index (χ0v) is 17.6. The van der Waals surface area contributed by atoms with E-state index in [9.17, 15) is 13.0 Å². The number of halogens is 1. The summed E-state index contributed by atoms with van der Waals surface area (Å²) in [6.45, 7) is 9.03. The first-order chi connectivity index (χ1) is 11.5. The second-order valence-electron chi connectivity index (χ2n) is 6.15. The van der Waals surface area contributed by atoms with E-state index < -0.39 is 10.4 Å². The van der Waals surface area contributed by atoms with Crippen LogP contribution in [-0.2, 0) is 15.8 Å². The largest absolute Gasteiger partial charge is 0.716 e. The third-order valence-electron chi connectivity index (χ3n) is 3.04. The van der Waals surface area contributed by atoms with Gasteiger partial charge in [-0.05, 0) is 76.9 Å². The van der Waals surface area contributed by atoms with E-state index >= 15 is 0 Å². The molecule has 5 nitrogen and oxygen atoms in total. The SMILES string of the molecule is CC(C)(C)c1ccc(I)cc1.CCOc1ccc(OS(=O)(=O)[O-])cc1. The molecule has 2 aromatic carbocycles. The Labute approximate surface area is 163 Å². The Bertz CT molecular complexity index is 748. The Hall–Kier alpha value is -1.32. The van der Waals surface area contributed by atoms with Crippen molar-refractivity contribution in [3.63, 3.8) is 0 Å². The predicted octanol–water partition coefficient (Wildman–Crippen LogP) is 4.51. The van der Waals surface area contributed by atoms with Gasteiger partial charge in [-0.3, -0.25) is 0 Å². The number of rotatable bonds is 4. The zero-order valence-electron chi connectivity index (χ0n) is 14.7. The van der Waals surface area contributed by atoms with E-state index in [2.05, 4.69) is 71.8 Å². The highest BCUT2D eigenvalue weighted by atomic mass is 127. The maximum atomic E-state index is 10.2. The molecule has 0 saturated heterocycles. The van der Waals surface area contributed by atoms with E-state index in [1.54, 1.807) is 0 Å². The van der Waals surface area contributed by atoms with Crippen molar-refractivity contribution >= 4 is 33.0 Å². The third kappa shape index (κ3) is 9.08. The van der Waals surface area contributed by atoms with Crippen LogP contribution in [-0.4, -0.2) is 19.6 Å². The maximum Gasteiger partial charge on any atom is 0.262 e. The van der Waals surface area contributed by atoms with Crippen molar-refractivity contribution in [2.45, 2.75) is 33.1 Å². The highest BCUT2D eigenvalue weighted by Gasteiger charge is 2.12. The zero-order chi connectivity index (χ0) is 19.1. The minimum atomic E-state index is -4.69. The molecule has 0 aliphatic carbocycles. The van der Waals surface area contributed by atoms with Gasteiger partial charge < -0.3 is 13.5 Å². The summed E-state index contributed by atoms with van der Waals surface area (Å²) in [4.78, 5) is 0. The molecule has 0 radical (unpaired) electrons. The second kappa shape index (κ2) is 9.40. The lowest BCUT2D eigenvalue weighted by Gasteiger charge is -2.18. The van der Waals surface area contributed by atoms with Crippen LogP contribution in [0.5, 0.6) is 11.5 Å². The van der Waals surface area contributed by atoms with Gasteiger partial charge in [-0.25, -0.2) is 8.42 Å². The summed E-state index contributed by atoms with van der Waals surface area (Å²) in [5.41, 5.74) is 1.68. The van der Waals surface area contributed by atoms with Crippen molar-refractivity contribution in [2.75, 3.05) is 6.61 Å². The Kier molecular flexibility index (Phi) is 8.17. The van der Waals surface area contributed by atoms with Gasteiger partial charge in [0.05, 0.1) is 6.61 Å². The number of ether oxygens (including phenoxy) is 1. The lowest BCUT2D eigenvalue weighted by Crippen LogP contribution is -2.10. The molecule has 0 aromatic heterocycles. The first kappa shape index (κ1) is 21.7. The highest BCUT2D eigenvalue weighted by Crippen LogP contribution is 2.22. The van der Waals surface area contributed by atoms with Crippen LogP contribution in [0.2, 0.25) is 0 Å². The van der Waals surface area contributed by atoms with Crippen molar-refractivity contribution in [3.8, 4) is 11.5 Å². The third-order valence-corrected chi connectivity index (χ3v) is 4.16. The minimum Gasteiger partial charge on any atom is -0.716 e. The molecule has 0 heterocycles. The van der Waals surface area contributed by atoms with E-state index in [1.165, 1.54) is 33.4 Å². The normalized spacial score (nSPS) is 11.3. The van der Waals surface area contributed by atoms with Crippen molar-refractivity contribution in [1.29, 1.82) is 0 Å². The predicted molar refractivity (Wildman–Crippen MR) is 106 cm³/mol. The molecule has 0 fully saturated rings. The van der Waals surface area contributed by atoms with Crippen LogP contribution in [0, 0.1) is 3.57 Å². The fourth-order valence-electron chi connectivity index (χ4n) is 1.83. The van der Waals surface area contributed by atoms with E-state index in [-0.39, 0.29) is 11.2 Å². The minimum absolute atomic E-state index is 0.0246. The summed E-state index contributed by atoms with van der Waals surface area (Å²) in [6, 6.07) is 14.4. The van der Waals surface area contributed by atoms with Crippen molar-refractivity contribution < 1.29 is 21.9 Å². The molecular weight excluding hydrogens is 455 g/mol. The van der Waals surface area contributed by atoms with Gasteiger partial charge in [0.25, 0.3) is 10.4 Å². The molecule has 0 aliphatic heterocycles. The number of hydrogen-bond donors (Lipinski definition) is 0. The average molecular weight is 477 g/mol. The molecular formula is C18H22IO5S-. The van der Waals surface area contributed by atoms with Crippen molar-refractivity contribution in [1.82, 2.24) is 0 Å². The molecule has 0 aliphatic rings. The quantitative estimate of drug-likeness (QED) is 0.368. The van der Waals surface area contributed by atoms with Crippen LogP contribution in [0.4, 0.5) is 0 Å². The molecule has 2 rings (SSSR count). The van der Waals surface area contributed by atoms with Gasteiger partial charge in [-0.2, -0.15) is 0 Å². The topological polar surface area (TPSA) is 75.7 Å². The second-order valence-corrected chi connectivity index (χ2v) is 8.38. The Morgan fingerprint density at radius 1 is 0.960 bits per heavy atom. The van der Waals surface area contributed by atoms with Gasteiger partial charge in [0.15, 0.2) is 0 Å². The van der Waals surface area contributed by atoms with Gasteiger partial charge in [-0.15, -0.1) is 0 Å². The van der Waals surface area contributed by atoms with Crippen LogP contribution in [0.1, 0.15) is 33.3 Å². The number of benzene rings is 2. The summed E-state index contributed by atoms with van der Waals surface area (Å²) < 4.78 is 41.1. The van der Waals surface area contributed by atoms with Gasteiger partial charge in [0, 0.05) is 3.57 Å². The summed E-state index contributed by atoms with van der Waals surface area (Å²) >= 11 is 2.32. The number of hydrogen-bond acceptors (Lipinski definition) is 5. The molecule has 0 atom stereocenters. The van der Waals surface area contributed by atoms with Crippen LogP contribution in [0.25, 0.3) is 0 Å². The Morgan fingerprint density at radius 2 is 1.44 bits per heavy atom. The van der Waals surface area contributed by atoms with Crippen molar-refractivity contribution in [3.05, 3.63) is 57.7 Å². The molecule has 138 valence electrons. The summed E-state index contributed by atoms with van der Waals surface area (Å²) in [7, 11) is -4.69. The van der Waals surface area contributed by atoms with Crippen LogP contribution in [0.3, 0.4) is 0 Å². The van der Waals surface area contributed by atoms with Gasteiger partial charge in [0.1, 0.15) is 11.5 Å². The monoisotopic (exact) mass is 477 g/mol. The fraction of sp³-hybridized carbons (Fsp3) is 0.333. The van der Waals surface area contributed by atoms with E-state index in [4.69, 9.17) is 4.74 Å². The smallest absolute Gasteiger partial charge is 0.262 e. The van der Waals surface area contributed by atoms with Gasteiger partial charge >= 0.3 is 0 Å². The average Bonchev–Trinajstić information content (AvgIpc) is 2.48. The van der Waals surface area contributed by atoms with Crippen LogP contribution in [0.15, 0.2) is 48.5 Å². The summed E-state index contributed by atoms with van der Waals surface area (Å²) in [5, 5.41) is 0. The molecule has 0 N–H and O–H groups in total. The summed E-state index contributed by atoms with van der Waals surface area (Å²) in [5.74, 6) is 0.562. The van der Waals surface area contributed by atoms with E-state index in [1.807, 2.05) is 6.92 Å². The van der Waals surface area contributed by atoms with Crippen molar-refractivity contribution in [2.24, 2.45) is 0 Å². The van der Waals surface area contributed by atoms with Crippen LogP contribution < -0.4 is 8.92 Å².